The SMILES string of the molecule is C[O-].O=C([O-])[O-].[K+].[K+].[Li+]. The number of hydrogen-bond acceptors (Lipinski definition) is 4. The second kappa shape index (κ2) is 30.4. The van der Waals surface area contributed by atoms with Gasteiger partial charge in [0.25, 0.3) is 0 Å². The van der Waals surface area contributed by atoms with Crippen LogP contribution in [0.25, 0.3) is 0 Å². The van der Waals surface area contributed by atoms with Gasteiger partial charge in [-0.05, 0) is 6.16 Å². The molecular weight excluding hydrogens is 173 g/mol. The van der Waals surface area contributed by atoms with Crippen molar-refractivity contribution in [2.75, 3.05) is 7.11 Å². The minimum atomic E-state index is -2.33. The monoisotopic (exact) mass is 176 g/mol. The second-order valence-electron chi connectivity index (χ2n) is 0.250. The Kier molecular flexibility index (Phi) is 100.0. The third kappa shape index (κ3) is 95.6. The van der Waals surface area contributed by atoms with Gasteiger partial charge in [0.15, 0.2) is 0 Å². The molecule has 0 aliphatic heterocycles. The number of carbonyl (C=O) groups is 1. The molecule has 0 aromatic rings. The van der Waals surface area contributed by atoms with Crippen LogP contribution in [0, 0.1) is 0 Å². The van der Waals surface area contributed by atoms with Crippen LogP contribution >= 0.6 is 0 Å². The maximum atomic E-state index is 8.33. The van der Waals surface area contributed by atoms with Crippen LogP contribution in [0.4, 0.5) is 4.79 Å². The molecule has 0 heterocycles. The largest absolute Gasteiger partial charge is 1.00 e. The number of carboxylic acid groups (broad SMARTS) is 2. The molecule has 0 unspecified atom stereocenters. The van der Waals surface area contributed by atoms with Gasteiger partial charge in [-0.1, -0.05) is 0 Å². The van der Waals surface area contributed by atoms with E-state index in [0.717, 1.165) is 7.11 Å². The van der Waals surface area contributed by atoms with Gasteiger partial charge in [0.2, 0.25) is 0 Å². The zero-order valence-corrected chi connectivity index (χ0v) is 12.4. The molecule has 0 saturated carbocycles. The van der Waals surface area contributed by atoms with Crippen LogP contribution in [0.15, 0.2) is 0 Å². The second-order valence-corrected chi connectivity index (χ2v) is 0.250. The Labute approximate surface area is 151 Å². The van der Waals surface area contributed by atoms with Crippen molar-refractivity contribution in [2.24, 2.45) is 0 Å². The van der Waals surface area contributed by atoms with Crippen molar-refractivity contribution in [3.63, 3.8) is 0 Å². The van der Waals surface area contributed by atoms with Gasteiger partial charge in [-0.3, -0.25) is 0 Å². The van der Waals surface area contributed by atoms with Crippen LogP contribution in [0.5, 0.6) is 0 Å². The zero-order chi connectivity index (χ0) is 5.58. The van der Waals surface area contributed by atoms with Crippen molar-refractivity contribution >= 4 is 6.16 Å². The van der Waals surface area contributed by atoms with E-state index in [1.807, 2.05) is 0 Å². The first-order chi connectivity index (χ1) is 2.73. The van der Waals surface area contributed by atoms with Crippen molar-refractivity contribution in [3.05, 3.63) is 0 Å². The van der Waals surface area contributed by atoms with E-state index in [4.69, 9.17) is 20.1 Å². The summed E-state index contributed by atoms with van der Waals surface area (Å²) >= 11 is 0. The summed E-state index contributed by atoms with van der Waals surface area (Å²) in [6.07, 6.45) is -2.33. The van der Waals surface area contributed by atoms with Crippen LogP contribution in [0.1, 0.15) is 0 Å². The summed E-state index contributed by atoms with van der Waals surface area (Å²) in [5, 5.41) is 24.9. The Balaban J connectivity index is -0.00000000990. The molecule has 0 radical (unpaired) electrons. The Hall–Kier alpha value is 3.10. The predicted molar refractivity (Wildman–Crippen MR) is 11.3 cm³/mol. The van der Waals surface area contributed by atoms with Gasteiger partial charge in [-0.25, -0.2) is 0 Å². The molecule has 9 heavy (non-hydrogen) atoms. The fraction of sp³-hybridized carbons (Fsp3) is 0.500. The fourth-order valence-corrected chi connectivity index (χ4v) is 0. The zero-order valence-electron chi connectivity index (χ0n) is 6.13. The first kappa shape index (κ1) is 29.6. The minimum absolute atomic E-state index is 0. The molecule has 4 nitrogen and oxygen atoms in total. The standard InChI is InChI=1S/CH2O3.CH3O.2K.Li/c2-1(3)4;1-2;;;/h(H2,2,3,4);1H3;;;/q;-1;3*+1/p-2. The summed E-state index contributed by atoms with van der Waals surface area (Å²) in [7, 11) is 0.750. The van der Waals surface area contributed by atoms with Gasteiger partial charge < -0.3 is 20.1 Å². The molecule has 0 aromatic carbocycles. The number of rotatable bonds is 0. The predicted octanol–water partition coefficient (Wildman–Crippen LogP) is -12.5. The normalized spacial score (nSPS) is 3.33. The average Bonchev–Trinajstić information content (AvgIpc) is 1.41. The molecule has 0 amide bonds. The van der Waals surface area contributed by atoms with E-state index in [1.165, 1.54) is 0 Å². The third-order valence-corrected chi connectivity index (χ3v) is 0. The molecule has 0 aliphatic rings. The summed E-state index contributed by atoms with van der Waals surface area (Å²) in [5.74, 6) is 0. The quantitative estimate of drug-likeness (QED) is 0.343. The average molecular weight is 176 g/mol. The van der Waals surface area contributed by atoms with E-state index in [2.05, 4.69) is 0 Å². The van der Waals surface area contributed by atoms with E-state index in [0.29, 0.717) is 0 Å². The molecule has 7 heteroatoms. The molecule has 0 atom stereocenters. The van der Waals surface area contributed by atoms with Crippen molar-refractivity contribution in [1.82, 2.24) is 0 Å². The van der Waals surface area contributed by atoms with Crippen LogP contribution < -0.4 is 137 Å². The van der Waals surface area contributed by atoms with Gasteiger partial charge in [-0.2, -0.15) is 7.11 Å². The molecule has 0 rings (SSSR count). The van der Waals surface area contributed by atoms with E-state index in [-0.39, 0.29) is 122 Å². The van der Waals surface area contributed by atoms with Crippen LogP contribution in [0.2, 0.25) is 0 Å². The molecule has 38 valence electrons. The van der Waals surface area contributed by atoms with Crippen LogP contribution in [-0.4, -0.2) is 13.3 Å². The minimum Gasteiger partial charge on any atom is -0.857 e. The number of hydrogen-bond donors (Lipinski definition) is 0. The Bertz CT molecular complexity index is 39.5. The molecule has 0 aliphatic carbocycles. The first-order valence-electron chi connectivity index (χ1n) is 1.02. The van der Waals surface area contributed by atoms with E-state index in [1.54, 1.807) is 0 Å². The molecule has 0 fully saturated rings. The van der Waals surface area contributed by atoms with Crippen molar-refractivity contribution in [1.29, 1.82) is 0 Å². The van der Waals surface area contributed by atoms with Crippen molar-refractivity contribution < 1.29 is 142 Å². The van der Waals surface area contributed by atoms with Gasteiger partial charge in [0.05, 0.1) is 0 Å². The van der Waals surface area contributed by atoms with Gasteiger partial charge in [-0.15, -0.1) is 0 Å². The Morgan fingerprint density at radius 1 is 1.11 bits per heavy atom. The summed E-state index contributed by atoms with van der Waals surface area (Å²) in [6, 6.07) is 0. The van der Waals surface area contributed by atoms with E-state index >= 15 is 0 Å². The molecule has 0 aromatic heterocycles. The fourth-order valence-electron chi connectivity index (χ4n) is 0. The van der Waals surface area contributed by atoms with E-state index in [9.17, 15) is 0 Å². The van der Waals surface area contributed by atoms with Gasteiger partial charge >= 0.3 is 122 Å². The summed E-state index contributed by atoms with van der Waals surface area (Å²) < 4.78 is 0. The van der Waals surface area contributed by atoms with Crippen molar-refractivity contribution in [3.8, 4) is 0 Å². The molecule has 0 N–H and O–H groups in total. The maximum Gasteiger partial charge on any atom is 1.00 e. The Morgan fingerprint density at radius 3 is 1.11 bits per heavy atom. The van der Waals surface area contributed by atoms with Crippen LogP contribution in [-0.2, 0) is 0 Å². The molecule has 0 bridgehead atoms. The van der Waals surface area contributed by atoms with E-state index < -0.39 is 6.16 Å². The Morgan fingerprint density at radius 2 is 1.11 bits per heavy atom. The molecule has 0 saturated heterocycles. The third-order valence-electron chi connectivity index (χ3n) is 0. The summed E-state index contributed by atoms with van der Waals surface area (Å²) in [5.41, 5.74) is 0. The smallest absolute Gasteiger partial charge is 0.857 e. The molecular formula is C2H3K2LiO4. The topological polar surface area (TPSA) is 86.2 Å². The van der Waals surface area contributed by atoms with Crippen molar-refractivity contribution in [2.45, 2.75) is 0 Å². The number of carbonyl (C=O) groups excluding carboxylic acids is 1. The summed E-state index contributed by atoms with van der Waals surface area (Å²) in [4.78, 5) is 8.33. The van der Waals surface area contributed by atoms with Gasteiger partial charge in [0, 0.05) is 0 Å². The maximum absolute atomic E-state index is 8.33. The molecule has 0 spiro atoms. The summed E-state index contributed by atoms with van der Waals surface area (Å²) in [6.45, 7) is 0. The van der Waals surface area contributed by atoms with Gasteiger partial charge in [0.1, 0.15) is 0 Å². The van der Waals surface area contributed by atoms with Crippen LogP contribution in [0.3, 0.4) is 0 Å². The first-order valence-corrected chi connectivity index (χ1v) is 1.02.